The summed E-state index contributed by atoms with van der Waals surface area (Å²) in [5, 5.41) is 3.34. The minimum Gasteiger partial charge on any atom is -0.376 e. The summed E-state index contributed by atoms with van der Waals surface area (Å²) in [6.07, 6.45) is 6.94. The molecule has 2 rings (SSSR count). The Labute approximate surface area is 117 Å². The third kappa shape index (κ3) is 5.33. The predicted molar refractivity (Wildman–Crippen MR) is 80.1 cm³/mol. The average molecular weight is 261 g/mol. The Morgan fingerprint density at radius 1 is 1.05 bits per heavy atom. The quantitative estimate of drug-likeness (QED) is 0.804. The zero-order valence-electron chi connectivity index (χ0n) is 12.2. The molecule has 1 aromatic rings. The molecule has 1 N–H and O–H groups in total. The van der Waals surface area contributed by atoms with Crippen molar-refractivity contribution in [1.29, 1.82) is 0 Å². The lowest BCUT2D eigenvalue weighted by molar-refractivity contribution is 0.0739. The lowest BCUT2D eigenvalue weighted by Gasteiger charge is -2.21. The molecule has 106 valence electrons. The molecule has 0 spiro atoms. The molecule has 2 nitrogen and oxygen atoms in total. The molecule has 1 aliphatic rings. The highest BCUT2D eigenvalue weighted by atomic mass is 16.5. The highest BCUT2D eigenvalue weighted by molar-refractivity contribution is 5.21. The Kier molecular flexibility index (Phi) is 6.38. The van der Waals surface area contributed by atoms with Gasteiger partial charge in [-0.3, -0.25) is 0 Å². The fraction of sp³-hybridized carbons (Fsp3) is 0.647. The molecule has 0 aliphatic heterocycles. The molecule has 0 bridgehead atoms. The van der Waals surface area contributed by atoms with E-state index < -0.39 is 0 Å². The van der Waals surface area contributed by atoms with Crippen molar-refractivity contribution in [2.24, 2.45) is 5.92 Å². The normalized spacial score (nSPS) is 16.7. The van der Waals surface area contributed by atoms with Gasteiger partial charge in [-0.2, -0.15) is 0 Å². The number of nitrogens with one attached hydrogen (secondary N) is 1. The molecule has 1 saturated carbocycles. The van der Waals surface area contributed by atoms with Gasteiger partial charge in [-0.15, -0.1) is 0 Å². The zero-order chi connectivity index (χ0) is 13.3. The Hall–Kier alpha value is -0.860. The van der Waals surface area contributed by atoms with E-state index in [1.54, 1.807) is 0 Å². The molecule has 2 heteroatoms. The van der Waals surface area contributed by atoms with Gasteiger partial charge >= 0.3 is 0 Å². The van der Waals surface area contributed by atoms with Gasteiger partial charge in [0.2, 0.25) is 0 Å². The third-order valence-electron chi connectivity index (χ3n) is 3.95. The van der Waals surface area contributed by atoms with Gasteiger partial charge in [0.15, 0.2) is 0 Å². The van der Waals surface area contributed by atoms with Crippen LogP contribution in [0.1, 0.15) is 50.2 Å². The van der Waals surface area contributed by atoms with Crippen LogP contribution >= 0.6 is 0 Å². The van der Waals surface area contributed by atoms with Gasteiger partial charge in [-0.25, -0.2) is 0 Å². The summed E-state index contributed by atoms with van der Waals surface area (Å²) in [7, 11) is 0. The van der Waals surface area contributed by atoms with Crippen molar-refractivity contribution >= 4 is 0 Å². The van der Waals surface area contributed by atoms with Crippen molar-refractivity contribution in [3.63, 3.8) is 0 Å². The van der Waals surface area contributed by atoms with Gasteiger partial charge in [-0.1, -0.05) is 50.5 Å². The molecule has 1 aliphatic carbocycles. The summed E-state index contributed by atoms with van der Waals surface area (Å²) >= 11 is 0. The fourth-order valence-corrected chi connectivity index (χ4v) is 2.72. The molecule has 0 aromatic heterocycles. The molecule has 0 unspecified atom stereocenters. The summed E-state index contributed by atoms with van der Waals surface area (Å²) in [5.41, 5.74) is 2.63. The van der Waals surface area contributed by atoms with Gasteiger partial charge in [0, 0.05) is 13.2 Å². The summed E-state index contributed by atoms with van der Waals surface area (Å²) in [6.45, 7) is 5.82. The largest absolute Gasteiger partial charge is 0.376 e. The molecule has 1 aromatic carbocycles. The first kappa shape index (κ1) is 14.5. The summed E-state index contributed by atoms with van der Waals surface area (Å²) < 4.78 is 5.86. The van der Waals surface area contributed by atoms with Crippen LogP contribution in [0.25, 0.3) is 0 Å². The van der Waals surface area contributed by atoms with Crippen LogP contribution in [0.3, 0.4) is 0 Å². The highest BCUT2D eigenvalue weighted by Crippen LogP contribution is 2.23. The van der Waals surface area contributed by atoms with Crippen molar-refractivity contribution in [3.05, 3.63) is 35.4 Å². The lowest BCUT2D eigenvalue weighted by atomic mass is 9.90. The molecular formula is C17H27NO. The monoisotopic (exact) mass is 261 g/mol. The topological polar surface area (TPSA) is 21.3 Å². The molecule has 0 saturated heterocycles. The van der Waals surface area contributed by atoms with Crippen LogP contribution in [0.2, 0.25) is 0 Å². The maximum absolute atomic E-state index is 5.86. The molecule has 0 amide bonds. The minimum absolute atomic E-state index is 0.762. The number of ether oxygens (including phenoxy) is 1. The number of hydrogen-bond acceptors (Lipinski definition) is 2. The average Bonchev–Trinajstić information content (AvgIpc) is 2.47. The summed E-state index contributed by atoms with van der Waals surface area (Å²) in [5.74, 6) is 0.807. The Balaban J connectivity index is 1.67. The van der Waals surface area contributed by atoms with Crippen molar-refractivity contribution in [2.45, 2.75) is 52.2 Å². The summed E-state index contributed by atoms with van der Waals surface area (Å²) in [6, 6.07) is 8.77. The minimum atomic E-state index is 0.762. The van der Waals surface area contributed by atoms with Crippen LogP contribution in [0.5, 0.6) is 0 Å². The van der Waals surface area contributed by atoms with E-state index in [0.29, 0.717) is 0 Å². The van der Waals surface area contributed by atoms with E-state index in [1.165, 1.54) is 43.2 Å². The molecule has 19 heavy (non-hydrogen) atoms. The van der Waals surface area contributed by atoms with E-state index >= 15 is 0 Å². The van der Waals surface area contributed by atoms with Gasteiger partial charge in [0.1, 0.15) is 0 Å². The second kappa shape index (κ2) is 8.34. The van der Waals surface area contributed by atoms with Crippen molar-refractivity contribution in [2.75, 3.05) is 13.2 Å². The molecule has 0 heterocycles. The third-order valence-corrected chi connectivity index (χ3v) is 3.95. The first-order valence-electron chi connectivity index (χ1n) is 7.74. The summed E-state index contributed by atoms with van der Waals surface area (Å²) in [4.78, 5) is 0. The number of benzene rings is 1. The van der Waals surface area contributed by atoms with Crippen LogP contribution in [0, 0.1) is 5.92 Å². The number of hydrogen-bond donors (Lipinski definition) is 1. The second-order valence-corrected chi connectivity index (χ2v) is 5.62. The molecule has 0 atom stereocenters. The van der Waals surface area contributed by atoms with Crippen molar-refractivity contribution < 1.29 is 4.74 Å². The SMILES string of the molecule is CCNCc1ccc(COCC2CCCCC2)cc1. The van der Waals surface area contributed by atoms with E-state index in [2.05, 4.69) is 36.5 Å². The molecule has 0 radical (unpaired) electrons. The Morgan fingerprint density at radius 2 is 1.74 bits per heavy atom. The first-order chi connectivity index (χ1) is 9.38. The van der Waals surface area contributed by atoms with Gasteiger partial charge < -0.3 is 10.1 Å². The van der Waals surface area contributed by atoms with E-state index in [-0.39, 0.29) is 0 Å². The van der Waals surface area contributed by atoms with Crippen LogP contribution in [0.15, 0.2) is 24.3 Å². The maximum atomic E-state index is 5.86. The standard InChI is InChI=1S/C17H27NO/c1-2-18-12-15-8-10-17(11-9-15)14-19-13-16-6-4-3-5-7-16/h8-11,16,18H,2-7,12-14H2,1H3. The smallest absolute Gasteiger partial charge is 0.0717 e. The van der Waals surface area contributed by atoms with E-state index in [0.717, 1.165) is 32.2 Å². The second-order valence-electron chi connectivity index (χ2n) is 5.62. The van der Waals surface area contributed by atoms with E-state index in [4.69, 9.17) is 4.74 Å². The fourth-order valence-electron chi connectivity index (χ4n) is 2.72. The predicted octanol–water partition coefficient (Wildman–Crippen LogP) is 3.89. The first-order valence-corrected chi connectivity index (χ1v) is 7.74. The molecular weight excluding hydrogens is 234 g/mol. The lowest BCUT2D eigenvalue weighted by Crippen LogP contribution is -2.13. The van der Waals surface area contributed by atoms with Crippen LogP contribution < -0.4 is 5.32 Å². The van der Waals surface area contributed by atoms with Crippen LogP contribution in [-0.4, -0.2) is 13.2 Å². The van der Waals surface area contributed by atoms with Crippen molar-refractivity contribution in [1.82, 2.24) is 5.32 Å². The molecule has 1 fully saturated rings. The van der Waals surface area contributed by atoms with Crippen molar-refractivity contribution in [3.8, 4) is 0 Å². The maximum Gasteiger partial charge on any atom is 0.0717 e. The van der Waals surface area contributed by atoms with Crippen LogP contribution in [0.4, 0.5) is 0 Å². The van der Waals surface area contributed by atoms with Gasteiger partial charge in [0.05, 0.1) is 6.61 Å². The van der Waals surface area contributed by atoms with E-state index in [9.17, 15) is 0 Å². The number of rotatable bonds is 7. The van der Waals surface area contributed by atoms with Gasteiger partial charge in [0.25, 0.3) is 0 Å². The zero-order valence-corrected chi connectivity index (χ0v) is 12.2. The van der Waals surface area contributed by atoms with Gasteiger partial charge in [-0.05, 0) is 36.4 Å². The van der Waals surface area contributed by atoms with E-state index in [1.807, 2.05) is 0 Å². The highest BCUT2D eigenvalue weighted by Gasteiger charge is 2.13. The Bertz CT molecular complexity index is 341. The Morgan fingerprint density at radius 3 is 2.42 bits per heavy atom. The van der Waals surface area contributed by atoms with Crippen LogP contribution in [-0.2, 0) is 17.9 Å².